The first-order valence-electron chi connectivity index (χ1n) is 6.27. The van der Waals surface area contributed by atoms with E-state index >= 15 is 0 Å². The molecule has 0 radical (unpaired) electrons. The number of carboxylic acid groups (broad SMARTS) is 1. The van der Waals surface area contributed by atoms with Crippen LogP contribution in [0.4, 0.5) is 5.69 Å². The minimum absolute atomic E-state index is 0.209. The number of Topliss-reactive ketones (excluding diaryl/α,β-unsaturated/α-hetero) is 1. The molecule has 0 fully saturated rings. The summed E-state index contributed by atoms with van der Waals surface area (Å²) in [5.41, 5.74) is 1.88. The van der Waals surface area contributed by atoms with Crippen LogP contribution in [0.15, 0.2) is 30.3 Å². The fraction of sp³-hybridized carbons (Fsp3) is 0.133. The molecule has 2 heterocycles. The number of fused-ring (bicyclic) bond motifs is 1. The highest BCUT2D eigenvalue weighted by Gasteiger charge is 2.36. The van der Waals surface area contributed by atoms with Crippen molar-refractivity contribution in [3.63, 3.8) is 0 Å². The molecular formula is C15H11NO4S. The van der Waals surface area contributed by atoms with Crippen LogP contribution in [-0.2, 0) is 11.3 Å². The minimum Gasteiger partial charge on any atom is -0.477 e. The van der Waals surface area contributed by atoms with Crippen molar-refractivity contribution in [2.75, 3.05) is 4.90 Å². The van der Waals surface area contributed by atoms with Crippen molar-refractivity contribution in [2.45, 2.75) is 13.5 Å². The van der Waals surface area contributed by atoms with Crippen LogP contribution in [0.3, 0.4) is 0 Å². The number of aryl methyl sites for hydroxylation is 1. The number of para-hydroxylation sites is 1. The van der Waals surface area contributed by atoms with Gasteiger partial charge in [0.15, 0.2) is 0 Å². The Morgan fingerprint density at radius 2 is 2.00 bits per heavy atom. The van der Waals surface area contributed by atoms with E-state index in [9.17, 15) is 14.4 Å². The van der Waals surface area contributed by atoms with Gasteiger partial charge in [-0.1, -0.05) is 12.1 Å². The van der Waals surface area contributed by atoms with E-state index in [-0.39, 0.29) is 11.4 Å². The van der Waals surface area contributed by atoms with E-state index in [2.05, 4.69) is 0 Å². The molecule has 2 aromatic rings. The lowest BCUT2D eigenvalue weighted by Gasteiger charge is -2.17. The Kier molecular flexibility index (Phi) is 3.10. The van der Waals surface area contributed by atoms with Crippen molar-refractivity contribution < 1.29 is 19.5 Å². The highest BCUT2D eigenvalue weighted by atomic mass is 32.1. The number of hydrogen-bond donors (Lipinski definition) is 1. The zero-order valence-electron chi connectivity index (χ0n) is 11.1. The molecule has 21 heavy (non-hydrogen) atoms. The summed E-state index contributed by atoms with van der Waals surface area (Å²) in [5.74, 6) is -2.07. The smallest absolute Gasteiger partial charge is 0.345 e. The van der Waals surface area contributed by atoms with E-state index in [4.69, 9.17) is 5.11 Å². The molecule has 0 spiro atoms. The maximum absolute atomic E-state index is 12.1. The summed E-state index contributed by atoms with van der Waals surface area (Å²) in [6.07, 6.45) is 0. The fourth-order valence-corrected chi connectivity index (χ4v) is 3.26. The fourth-order valence-electron chi connectivity index (χ4n) is 2.42. The number of carbonyl (C=O) groups is 3. The zero-order valence-corrected chi connectivity index (χ0v) is 11.9. The van der Waals surface area contributed by atoms with Gasteiger partial charge in [0.05, 0.1) is 17.8 Å². The Morgan fingerprint density at radius 1 is 1.24 bits per heavy atom. The Hall–Kier alpha value is -2.47. The highest BCUT2D eigenvalue weighted by Crippen LogP contribution is 2.34. The Labute approximate surface area is 124 Å². The molecule has 1 amide bonds. The van der Waals surface area contributed by atoms with Crippen molar-refractivity contribution in [3.8, 4) is 0 Å². The molecule has 0 saturated heterocycles. The van der Waals surface area contributed by atoms with Crippen LogP contribution >= 0.6 is 11.3 Å². The average Bonchev–Trinajstić information content (AvgIpc) is 3.00. The quantitative estimate of drug-likeness (QED) is 0.884. The van der Waals surface area contributed by atoms with Gasteiger partial charge in [0.2, 0.25) is 0 Å². The zero-order chi connectivity index (χ0) is 15.1. The van der Waals surface area contributed by atoms with E-state index in [1.165, 1.54) is 11.0 Å². The van der Waals surface area contributed by atoms with Gasteiger partial charge in [-0.05, 0) is 30.7 Å². The molecule has 0 bridgehead atoms. The lowest BCUT2D eigenvalue weighted by molar-refractivity contribution is -0.114. The van der Waals surface area contributed by atoms with Crippen LogP contribution in [0.5, 0.6) is 0 Å². The van der Waals surface area contributed by atoms with E-state index in [0.717, 1.165) is 21.8 Å². The Bertz CT molecular complexity index is 778. The maximum atomic E-state index is 12.1. The van der Waals surface area contributed by atoms with Gasteiger partial charge in [-0.3, -0.25) is 14.5 Å². The van der Waals surface area contributed by atoms with Gasteiger partial charge in [0, 0.05) is 4.88 Å². The molecule has 5 nitrogen and oxygen atoms in total. The Morgan fingerprint density at radius 3 is 2.67 bits per heavy atom. The summed E-state index contributed by atoms with van der Waals surface area (Å²) in [4.78, 5) is 37.4. The first-order valence-corrected chi connectivity index (χ1v) is 7.08. The summed E-state index contributed by atoms with van der Waals surface area (Å²) in [6.45, 7) is 2.05. The monoisotopic (exact) mass is 301 g/mol. The molecule has 1 aliphatic rings. The molecule has 6 heteroatoms. The van der Waals surface area contributed by atoms with Crippen molar-refractivity contribution in [2.24, 2.45) is 0 Å². The molecule has 0 unspecified atom stereocenters. The normalized spacial score (nSPS) is 13.7. The number of carbonyl (C=O) groups excluding carboxylic acids is 2. The predicted molar refractivity (Wildman–Crippen MR) is 78.0 cm³/mol. The number of amides is 1. The molecule has 1 N–H and O–H groups in total. The summed E-state index contributed by atoms with van der Waals surface area (Å²) in [5, 5.41) is 8.93. The third kappa shape index (κ3) is 2.13. The van der Waals surface area contributed by atoms with Gasteiger partial charge >= 0.3 is 5.97 Å². The molecule has 1 aromatic carbocycles. The highest BCUT2D eigenvalue weighted by molar-refractivity contribution is 7.13. The number of benzene rings is 1. The first-order chi connectivity index (χ1) is 9.99. The minimum atomic E-state index is -0.994. The number of nitrogens with zero attached hydrogens (tertiary/aromatic N) is 1. The standard InChI is InChI=1S/C15H11NO4S/c1-8-3-2-4-10-12(8)16(14(18)13(10)17)7-9-5-6-11(21-9)15(19)20/h2-6H,7H2,1H3,(H,19,20). The van der Waals surface area contributed by atoms with E-state index in [0.29, 0.717) is 11.3 Å². The van der Waals surface area contributed by atoms with Gasteiger partial charge in [0.25, 0.3) is 11.7 Å². The number of anilines is 1. The van der Waals surface area contributed by atoms with E-state index in [1.807, 2.05) is 13.0 Å². The lowest BCUT2D eigenvalue weighted by Crippen LogP contribution is -2.29. The van der Waals surface area contributed by atoms with Crippen molar-refractivity contribution >= 4 is 34.7 Å². The molecule has 106 valence electrons. The number of carboxylic acids is 1. The average molecular weight is 301 g/mol. The molecule has 0 atom stereocenters. The Balaban J connectivity index is 1.98. The number of ketones is 1. The number of thiophene rings is 1. The molecule has 1 aromatic heterocycles. The van der Waals surface area contributed by atoms with Crippen LogP contribution in [-0.4, -0.2) is 22.8 Å². The van der Waals surface area contributed by atoms with Crippen LogP contribution in [0.2, 0.25) is 0 Å². The van der Waals surface area contributed by atoms with Crippen LogP contribution < -0.4 is 4.90 Å². The van der Waals surface area contributed by atoms with Gasteiger partial charge in [-0.15, -0.1) is 11.3 Å². The second kappa shape index (κ2) is 4.82. The van der Waals surface area contributed by atoms with Crippen molar-refractivity contribution in [3.05, 3.63) is 51.2 Å². The van der Waals surface area contributed by atoms with Crippen molar-refractivity contribution in [1.29, 1.82) is 0 Å². The summed E-state index contributed by atoms with van der Waals surface area (Å²) in [7, 11) is 0. The molecular weight excluding hydrogens is 290 g/mol. The number of rotatable bonds is 3. The largest absolute Gasteiger partial charge is 0.477 e. The van der Waals surface area contributed by atoms with Crippen LogP contribution in [0.25, 0.3) is 0 Å². The SMILES string of the molecule is Cc1cccc2c1N(Cc1ccc(C(=O)O)s1)C(=O)C2=O. The maximum Gasteiger partial charge on any atom is 0.345 e. The number of aromatic carboxylic acids is 1. The van der Waals surface area contributed by atoms with Gasteiger partial charge < -0.3 is 5.11 Å². The third-order valence-corrected chi connectivity index (χ3v) is 4.44. The van der Waals surface area contributed by atoms with Gasteiger partial charge in [-0.25, -0.2) is 4.79 Å². The van der Waals surface area contributed by atoms with Crippen molar-refractivity contribution in [1.82, 2.24) is 0 Å². The summed E-state index contributed by atoms with van der Waals surface area (Å²) < 4.78 is 0. The first kappa shape index (κ1) is 13.5. The molecule has 0 saturated carbocycles. The molecule has 3 rings (SSSR count). The summed E-state index contributed by atoms with van der Waals surface area (Å²) in [6, 6.07) is 8.40. The number of hydrogen-bond acceptors (Lipinski definition) is 4. The molecule has 1 aliphatic heterocycles. The lowest BCUT2D eigenvalue weighted by atomic mass is 10.1. The van der Waals surface area contributed by atoms with Crippen LogP contribution in [0, 0.1) is 6.92 Å². The van der Waals surface area contributed by atoms with Gasteiger partial charge in [-0.2, -0.15) is 0 Å². The summed E-state index contributed by atoms with van der Waals surface area (Å²) >= 11 is 1.11. The second-order valence-electron chi connectivity index (χ2n) is 4.76. The van der Waals surface area contributed by atoms with Gasteiger partial charge in [0.1, 0.15) is 4.88 Å². The predicted octanol–water partition coefficient (Wildman–Crippen LogP) is 2.48. The van der Waals surface area contributed by atoms with Crippen LogP contribution in [0.1, 0.15) is 30.5 Å². The topological polar surface area (TPSA) is 74.7 Å². The second-order valence-corrected chi connectivity index (χ2v) is 5.93. The third-order valence-electron chi connectivity index (χ3n) is 3.38. The van der Waals surface area contributed by atoms with E-state index < -0.39 is 17.7 Å². The van der Waals surface area contributed by atoms with E-state index in [1.54, 1.807) is 18.2 Å². The molecule has 0 aliphatic carbocycles.